The molecule has 0 unspecified atom stereocenters. The zero-order valence-electron chi connectivity index (χ0n) is 6.88. The lowest BCUT2D eigenvalue weighted by Gasteiger charge is -1.98. The van der Waals surface area contributed by atoms with Gasteiger partial charge in [-0.1, -0.05) is 6.92 Å². The predicted octanol–water partition coefficient (Wildman–Crippen LogP) is 2.61. The van der Waals surface area contributed by atoms with Gasteiger partial charge in [0, 0.05) is 17.7 Å². The van der Waals surface area contributed by atoms with Crippen LogP contribution in [0.15, 0.2) is 12.3 Å². The fraction of sp³-hybridized carbons (Fsp3) is 0.750. The summed E-state index contributed by atoms with van der Waals surface area (Å²) in [5.41, 5.74) is 0. The first-order valence-electron chi connectivity index (χ1n) is 3.92. The van der Waals surface area contributed by atoms with Crippen LogP contribution >= 0.6 is 0 Å². The number of hydrogen-bond donors (Lipinski definition) is 0. The van der Waals surface area contributed by atoms with Crippen LogP contribution in [0, 0.1) is 0 Å². The first-order chi connectivity index (χ1) is 5.41. The number of rotatable bonds is 7. The van der Waals surface area contributed by atoms with E-state index >= 15 is 0 Å². The van der Waals surface area contributed by atoms with E-state index in [1.807, 2.05) is 0 Å². The molecule has 0 radical (unpaired) electrons. The normalized spacial score (nSPS) is 10.7. The maximum Gasteiger partial charge on any atom is 0.132 e. The number of ether oxygens (including phenoxy) is 1. The number of hydrogen-bond acceptors (Lipinski definition) is 2. The average Bonchev–Trinajstić information content (AvgIpc) is 2.03. The second-order valence-electron chi connectivity index (χ2n) is 2.22. The number of halogens is 1. The highest BCUT2D eigenvalue weighted by molar-refractivity contribution is 4.71. The van der Waals surface area contributed by atoms with Gasteiger partial charge in [-0.2, -0.15) is 0 Å². The Hall–Kier alpha value is -0.570. The molecule has 66 valence electrons. The Bertz CT molecular complexity index is 94.1. The third-order valence-corrected chi connectivity index (χ3v) is 1.16. The first-order valence-corrected chi connectivity index (χ1v) is 3.92. The fourth-order valence-electron chi connectivity index (χ4n) is 0.654. The molecule has 0 saturated heterocycles. The Kier molecular flexibility index (Phi) is 8.94. The molecule has 0 rings (SSSR count). The van der Waals surface area contributed by atoms with Gasteiger partial charge >= 0.3 is 0 Å². The van der Waals surface area contributed by atoms with E-state index in [1.54, 1.807) is 6.08 Å². The van der Waals surface area contributed by atoms with E-state index in [0.29, 0.717) is 0 Å². The highest BCUT2D eigenvalue weighted by atomic mass is 19.3. The second kappa shape index (κ2) is 9.43. The molecule has 0 aromatic heterocycles. The summed E-state index contributed by atoms with van der Waals surface area (Å²) in [5, 5.41) is 0. The fourth-order valence-corrected chi connectivity index (χ4v) is 0.654. The smallest absolute Gasteiger partial charge is 0.132 e. The van der Waals surface area contributed by atoms with Gasteiger partial charge in [0.15, 0.2) is 0 Å². The number of unbranched alkanes of at least 4 members (excludes halogenated alkanes) is 1. The highest BCUT2D eigenvalue weighted by Crippen LogP contribution is 1.93. The van der Waals surface area contributed by atoms with Crippen LogP contribution in [-0.4, -0.2) is 13.2 Å². The van der Waals surface area contributed by atoms with Crippen molar-refractivity contribution in [3.8, 4) is 0 Å². The summed E-state index contributed by atoms with van der Waals surface area (Å²) in [5.74, 6) is 0. The van der Waals surface area contributed by atoms with Gasteiger partial charge in [-0.3, -0.25) is 0 Å². The second-order valence-corrected chi connectivity index (χ2v) is 2.22. The van der Waals surface area contributed by atoms with E-state index in [-0.39, 0.29) is 0 Å². The quantitative estimate of drug-likeness (QED) is 0.423. The molecule has 0 heterocycles. The third-order valence-electron chi connectivity index (χ3n) is 1.16. The van der Waals surface area contributed by atoms with Crippen LogP contribution in [0.2, 0.25) is 0 Å². The first kappa shape index (κ1) is 10.4. The zero-order valence-corrected chi connectivity index (χ0v) is 6.88. The van der Waals surface area contributed by atoms with Crippen LogP contribution in [-0.2, 0) is 9.68 Å². The molecule has 0 aliphatic heterocycles. The maximum atomic E-state index is 11.0. The SMILES string of the molecule is CCCOCCCC=COF. The van der Waals surface area contributed by atoms with E-state index in [9.17, 15) is 4.53 Å². The lowest BCUT2D eigenvalue weighted by Crippen LogP contribution is -1.94. The molecular formula is C8H15FO2. The summed E-state index contributed by atoms with van der Waals surface area (Å²) in [6.45, 7) is 3.62. The molecule has 0 spiro atoms. The molecule has 0 aliphatic carbocycles. The molecule has 3 heteroatoms. The van der Waals surface area contributed by atoms with Crippen molar-refractivity contribution in [2.45, 2.75) is 26.2 Å². The van der Waals surface area contributed by atoms with Crippen LogP contribution < -0.4 is 0 Å². The van der Waals surface area contributed by atoms with E-state index in [1.165, 1.54) is 0 Å². The summed E-state index contributed by atoms with van der Waals surface area (Å²) in [6.07, 6.45) is 5.44. The van der Waals surface area contributed by atoms with E-state index in [0.717, 1.165) is 38.7 Å². The Morgan fingerprint density at radius 3 is 2.82 bits per heavy atom. The predicted molar refractivity (Wildman–Crippen MR) is 41.7 cm³/mol. The van der Waals surface area contributed by atoms with Crippen molar-refractivity contribution in [3.05, 3.63) is 12.3 Å². The minimum atomic E-state index is 0.741. The van der Waals surface area contributed by atoms with Gasteiger partial charge in [0.2, 0.25) is 0 Å². The summed E-state index contributed by atoms with van der Waals surface area (Å²) >= 11 is 0. The largest absolute Gasteiger partial charge is 0.381 e. The summed E-state index contributed by atoms with van der Waals surface area (Å²) in [4.78, 5) is 3.25. The molecule has 0 aliphatic rings. The Morgan fingerprint density at radius 1 is 1.36 bits per heavy atom. The van der Waals surface area contributed by atoms with Gasteiger partial charge in [0.1, 0.15) is 6.26 Å². The zero-order chi connectivity index (χ0) is 8.36. The van der Waals surface area contributed by atoms with Crippen LogP contribution in [0.1, 0.15) is 26.2 Å². The molecule has 0 fully saturated rings. The average molecular weight is 162 g/mol. The minimum Gasteiger partial charge on any atom is -0.381 e. The molecule has 0 aromatic rings. The molecule has 0 atom stereocenters. The lowest BCUT2D eigenvalue weighted by molar-refractivity contribution is -0.0621. The lowest BCUT2D eigenvalue weighted by atomic mass is 10.3. The summed E-state index contributed by atoms with van der Waals surface area (Å²) in [6, 6.07) is 0. The molecule has 0 saturated carbocycles. The van der Waals surface area contributed by atoms with Crippen molar-refractivity contribution in [2.75, 3.05) is 13.2 Å². The van der Waals surface area contributed by atoms with Gasteiger partial charge in [-0.25, -0.2) is 0 Å². The highest BCUT2D eigenvalue weighted by Gasteiger charge is 1.84. The van der Waals surface area contributed by atoms with Gasteiger partial charge in [-0.15, -0.1) is 0 Å². The molecule has 0 bridgehead atoms. The monoisotopic (exact) mass is 162 g/mol. The van der Waals surface area contributed by atoms with E-state index in [4.69, 9.17) is 4.74 Å². The van der Waals surface area contributed by atoms with Crippen LogP contribution in [0.5, 0.6) is 0 Å². The molecular weight excluding hydrogens is 147 g/mol. The van der Waals surface area contributed by atoms with Crippen molar-refractivity contribution in [1.29, 1.82) is 0 Å². The Labute approximate surface area is 66.9 Å². The van der Waals surface area contributed by atoms with Gasteiger partial charge < -0.3 is 9.68 Å². The maximum absolute atomic E-state index is 11.0. The summed E-state index contributed by atoms with van der Waals surface area (Å²) < 4.78 is 16.2. The Balaban J connectivity index is 2.85. The van der Waals surface area contributed by atoms with E-state index in [2.05, 4.69) is 11.9 Å². The van der Waals surface area contributed by atoms with Gasteiger partial charge in [0.25, 0.3) is 0 Å². The summed E-state index contributed by atoms with van der Waals surface area (Å²) in [7, 11) is 0. The van der Waals surface area contributed by atoms with Gasteiger partial charge in [-0.05, 0) is 25.3 Å². The van der Waals surface area contributed by atoms with Crippen LogP contribution in [0.4, 0.5) is 4.53 Å². The Morgan fingerprint density at radius 2 is 2.18 bits per heavy atom. The number of allylic oxidation sites excluding steroid dienone is 1. The van der Waals surface area contributed by atoms with Crippen LogP contribution in [0.3, 0.4) is 0 Å². The molecule has 2 nitrogen and oxygen atoms in total. The van der Waals surface area contributed by atoms with E-state index < -0.39 is 0 Å². The van der Waals surface area contributed by atoms with Crippen LogP contribution in [0.25, 0.3) is 0 Å². The standard InChI is InChI=1S/C8H15FO2/c1-2-6-10-7-4-3-5-8-11-9/h5,8H,2-4,6-7H2,1H3. The van der Waals surface area contributed by atoms with Crippen molar-refractivity contribution in [1.82, 2.24) is 0 Å². The van der Waals surface area contributed by atoms with Crippen molar-refractivity contribution in [2.24, 2.45) is 0 Å². The minimum absolute atomic E-state index is 0.741. The third kappa shape index (κ3) is 9.43. The topological polar surface area (TPSA) is 18.5 Å². The van der Waals surface area contributed by atoms with Crippen molar-refractivity contribution in [3.63, 3.8) is 0 Å². The molecule has 0 amide bonds. The molecule has 0 aromatic carbocycles. The van der Waals surface area contributed by atoms with Crippen molar-refractivity contribution >= 4 is 0 Å². The molecule has 11 heavy (non-hydrogen) atoms. The van der Waals surface area contributed by atoms with Crippen molar-refractivity contribution < 1.29 is 14.2 Å². The van der Waals surface area contributed by atoms with Gasteiger partial charge in [0.05, 0.1) is 0 Å². The molecule has 0 N–H and O–H groups in total.